The summed E-state index contributed by atoms with van der Waals surface area (Å²) < 4.78 is 5.49. The smallest absolute Gasteiger partial charge is 0.305 e. The molecule has 0 saturated heterocycles. The van der Waals surface area contributed by atoms with Crippen LogP contribution in [-0.4, -0.2) is 11.8 Å². The fourth-order valence-corrected chi connectivity index (χ4v) is 3.06. The Morgan fingerprint density at radius 1 is 1.00 bits per heavy atom. The molecule has 1 aromatic carbocycles. The monoisotopic (exact) mass is 380 g/mol. The number of amides is 2. The number of nitrogens with one attached hydrogen (secondary N) is 2. The highest BCUT2D eigenvalue weighted by atomic mass is 35.5. The molecule has 0 spiro atoms. The molecule has 122 valence electrons. The Morgan fingerprint density at radius 3 is 2.50 bits per heavy atom. The van der Waals surface area contributed by atoms with Gasteiger partial charge < -0.3 is 4.42 Å². The minimum Gasteiger partial charge on any atom is -0.451 e. The lowest BCUT2D eigenvalue weighted by Gasteiger charge is -2.04. The summed E-state index contributed by atoms with van der Waals surface area (Å²) in [4.78, 5) is 24.3. The first-order valence-electron chi connectivity index (χ1n) is 6.74. The molecule has 0 saturated carbocycles. The molecule has 0 aliphatic carbocycles. The molecule has 2 amide bonds. The summed E-state index contributed by atoms with van der Waals surface area (Å²) in [6.07, 6.45) is 0. The van der Waals surface area contributed by atoms with E-state index in [1.807, 2.05) is 0 Å². The van der Waals surface area contributed by atoms with E-state index in [-0.39, 0.29) is 5.76 Å². The first kappa shape index (κ1) is 16.6. The summed E-state index contributed by atoms with van der Waals surface area (Å²) in [7, 11) is 0. The Labute approximate surface area is 151 Å². The van der Waals surface area contributed by atoms with Gasteiger partial charge in [0.25, 0.3) is 5.91 Å². The molecular weight excluding hydrogens is 371 g/mol. The van der Waals surface area contributed by atoms with Crippen LogP contribution in [0.2, 0.25) is 10.0 Å². The predicted molar refractivity (Wildman–Crippen MR) is 93.4 cm³/mol. The summed E-state index contributed by atoms with van der Waals surface area (Å²) in [5, 5.41) is 2.69. The zero-order valence-electron chi connectivity index (χ0n) is 12.0. The maximum absolute atomic E-state index is 12.0. The Bertz CT molecular complexity index is 891. The normalized spacial score (nSPS) is 10.4. The Hall–Kier alpha value is -2.28. The fraction of sp³-hybridized carbons (Fsp3) is 0. The van der Waals surface area contributed by atoms with Crippen LogP contribution >= 0.6 is 34.5 Å². The second kappa shape index (κ2) is 7.09. The minimum absolute atomic E-state index is 0.0440. The number of benzene rings is 1. The predicted octanol–water partition coefficient (Wildman–Crippen LogP) is 4.39. The number of halogens is 2. The van der Waals surface area contributed by atoms with E-state index in [0.717, 1.165) is 0 Å². The molecule has 2 aromatic heterocycles. The van der Waals surface area contributed by atoms with E-state index in [1.165, 1.54) is 17.4 Å². The van der Waals surface area contributed by atoms with E-state index < -0.39 is 11.8 Å². The van der Waals surface area contributed by atoms with Crippen molar-refractivity contribution in [1.29, 1.82) is 0 Å². The topological polar surface area (TPSA) is 71.3 Å². The van der Waals surface area contributed by atoms with E-state index in [4.69, 9.17) is 27.6 Å². The molecule has 8 heteroatoms. The standard InChI is InChI=1S/C16H10Cl2N2O3S/c17-9-3-4-10(11(18)8-9)12-5-6-13(23-12)15(21)19-20-16(22)14-2-1-7-24-14/h1-8H,(H,19,21)(H,20,22). The lowest BCUT2D eigenvalue weighted by Crippen LogP contribution is -2.41. The first-order chi connectivity index (χ1) is 11.5. The van der Waals surface area contributed by atoms with Gasteiger partial charge in [0.15, 0.2) is 5.76 Å². The van der Waals surface area contributed by atoms with Crippen LogP contribution in [0.15, 0.2) is 52.3 Å². The third kappa shape index (κ3) is 3.62. The SMILES string of the molecule is O=C(NNC(=O)c1cccs1)c1ccc(-c2ccc(Cl)cc2Cl)o1. The number of hydrazine groups is 1. The van der Waals surface area contributed by atoms with E-state index >= 15 is 0 Å². The Balaban J connectivity index is 1.68. The van der Waals surface area contributed by atoms with Crippen molar-refractivity contribution in [2.45, 2.75) is 0 Å². The summed E-state index contributed by atoms with van der Waals surface area (Å²) in [6.45, 7) is 0. The van der Waals surface area contributed by atoms with E-state index in [2.05, 4.69) is 10.9 Å². The molecule has 0 radical (unpaired) electrons. The highest BCUT2D eigenvalue weighted by molar-refractivity contribution is 7.12. The summed E-state index contributed by atoms with van der Waals surface area (Å²) in [5.41, 5.74) is 5.23. The van der Waals surface area contributed by atoms with Crippen molar-refractivity contribution in [3.63, 3.8) is 0 Å². The van der Waals surface area contributed by atoms with Crippen LogP contribution in [0, 0.1) is 0 Å². The first-order valence-corrected chi connectivity index (χ1v) is 8.37. The van der Waals surface area contributed by atoms with Gasteiger partial charge in [-0.05, 0) is 41.8 Å². The summed E-state index contributed by atoms with van der Waals surface area (Å²) in [6, 6.07) is 11.5. The average molecular weight is 381 g/mol. The molecule has 3 rings (SSSR count). The van der Waals surface area contributed by atoms with Crippen LogP contribution in [0.4, 0.5) is 0 Å². The van der Waals surface area contributed by atoms with Crippen molar-refractivity contribution in [1.82, 2.24) is 10.9 Å². The van der Waals surface area contributed by atoms with Crippen LogP contribution in [0.5, 0.6) is 0 Å². The number of carbonyl (C=O) groups is 2. The molecule has 0 atom stereocenters. The minimum atomic E-state index is -0.573. The van der Waals surface area contributed by atoms with Crippen molar-refractivity contribution < 1.29 is 14.0 Å². The van der Waals surface area contributed by atoms with Crippen LogP contribution < -0.4 is 10.9 Å². The molecule has 0 aliphatic heterocycles. The zero-order chi connectivity index (χ0) is 17.1. The number of hydrogen-bond acceptors (Lipinski definition) is 4. The van der Waals surface area contributed by atoms with Crippen molar-refractivity contribution in [3.8, 4) is 11.3 Å². The fourth-order valence-electron chi connectivity index (χ4n) is 1.94. The number of furan rings is 1. The van der Waals surface area contributed by atoms with Crippen molar-refractivity contribution in [2.24, 2.45) is 0 Å². The molecule has 3 aromatic rings. The third-order valence-corrected chi connectivity index (χ3v) is 4.48. The zero-order valence-corrected chi connectivity index (χ0v) is 14.3. The number of hydrogen-bond donors (Lipinski definition) is 2. The molecule has 0 unspecified atom stereocenters. The Kier molecular flexibility index (Phi) is 4.89. The number of rotatable bonds is 3. The Morgan fingerprint density at radius 2 is 1.79 bits per heavy atom. The van der Waals surface area contributed by atoms with Gasteiger partial charge in [-0.2, -0.15) is 0 Å². The van der Waals surface area contributed by atoms with Crippen molar-refractivity contribution >= 4 is 46.4 Å². The van der Waals surface area contributed by atoms with Crippen LogP contribution in [0.1, 0.15) is 20.2 Å². The van der Waals surface area contributed by atoms with Crippen molar-refractivity contribution in [2.75, 3.05) is 0 Å². The maximum Gasteiger partial charge on any atom is 0.305 e. The highest BCUT2D eigenvalue weighted by Crippen LogP contribution is 2.31. The molecule has 24 heavy (non-hydrogen) atoms. The second-order valence-electron chi connectivity index (χ2n) is 4.67. The average Bonchev–Trinajstić information content (AvgIpc) is 3.23. The maximum atomic E-state index is 12.0. The molecule has 5 nitrogen and oxygen atoms in total. The van der Waals surface area contributed by atoms with Gasteiger partial charge >= 0.3 is 5.91 Å². The van der Waals surface area contributed by atoms with Crippen LogP contribution in [0.3, 0.4) is 0 Å². The molecule has 2 N–H and O–H groups in total. The van der Waals surface area contributed by atoms with Gasteiger partial charge in [0.1, 0.15) is 5.76 Å². The van der Waals surface area contributed by atoms with Gasteiger partial charge in [0.05, 0.1) is 9.90 Å². The highest BCUT2D eigenvalue weighted by Gasteiger charge is 2.15. The molecule has 0 aliphatic rings. The molecule has 2 heterocycles. The largest absolute Gasteiger partial charge is 0.451 e. The number of thiophene rings is 1. The van der Waals surface area contributed by atoms with E-state index in [1.54, 1.807) is 41.8 Å². The quantitative estimate of drug-likeness (QED) is 0.661. The third-order valence-electron chi connectivity index (χ3n) is 3.06. The van der Waals surface area contributed by atoms with E-state index in [9.17, 15) is 9.59 Å². The van der Waals surface area contributed by atoms with Crippen LogP contribution in [-0.2, 0) is 0 Å². The summed E-state index contributed by atoms with van der Waals surface area (Å²) >= 11 is 13.2. The van der Waals surface area contributed by atoms with Gasteiger partial charge in [-0.15, -0.1) is 11.3 Å². The van der Waals surface area contributed by atoms with Gasteiger partial charge in [0.2, 0.25) is 0 Å². The van der Waals surface area contributed by atoms with Crippen LogP contribution in [0.25, 0.3) is 11.3 Å². The van der Waals surface area contributed by atoms with E-state index in [0.29, 0.717) is 26.2 Å². The van der Waals surface area contributed by atoms with Gasteiger partial charge in [-0.3, -0.25) is 20.4 Å². The second-order valence-corrected chi connectivity index (χ2v) is 6.46. The van der Waals surface area contributed by atoms with Gasteiger partial charge in [-0.25, -0.2) is 0 Å². The van der Waals surface area contributed by atoms with Gasteiger partial charge in [-0.1, -0.05) is 29.3 Å². The van der Waals surface area contributed by atoms with Crippen molar-refractivity contribution in [3.05, 3.63) is 68.5 Å². The molecule has 0 fully saturated rings. The number of carbonyl (C=O) groups excluding carboxylic acids is 2. The molecule has 0 bridgehead atoms. The molecular formula is C16H10Cl2N2O3S. The lowest BCUT2D eigenvalue weighted by atomic mass is 10.2. The summed E-state index contributed by atoms with van der Waals surface area (Å²) in [5.74, 6) is -0.504. The van der Waals surface area contributed by atoms with Gasteiger partial charge in [0, 0.05) is 10.6 Å². The lowest BCUT2D eigenvalue weighted by molar-refractivity contribution is 0.0833.